The van der Waals surface area contributed by atoms with Crippen molar-refractivity contribution in [1.82, 2.24) is 19.2 Å². The molecule has 0 bridgehead atoms. The van der Waals surface area contributed by atoms with Gasteiger partial charge in [-0.05, 0) is 43.2 Å². The van der Waals surface area contributed by atoms with Crippen LogP contribution in [0.3, 0.4) is 0 Å². The molecule has 0 N–H and O–H groups in total. The summed E-state index contributed by atoms with van der Waals surface area (Å²) in [6.07, 6.45) is 2.36. The number of rotatable bonds is 8. The van der Waals surface area contributed by atoms with E-state index in [2.05, 4.69) is 10.00 Å². The average molecular weight is 524 g/mol. The highest BCUT2D eigenvalue weighted by Crippen LogP contribution is 2.20. The topological polar surface area (TPSA) is 80.4 Å². The van der Waals surface area contributed by atoms with E-state index in [9.17, 15) is 14.4 Å². The summed E-state index contributed by atoms with van der Waals surface area (Å²) in [5, 5.41) is 4.29. The molecule has 0 radical (unpaired) electrons. The van der Waals surface area contributed by atoms with E-state index >= 15 is 0 Å². The highest BCUT2D eigenvalue weighted by atomic mass is 16.2. The first-order valence-corrected chi connectivity index (χ1v) is 13.4. The molecule has 3 aromatic carbocycles. The quantitative estimate of drug-likeness (QED) is 0.325. The van der Waals surface area contributed by atoms with E-state index in [1.165, 1.54) is 15.6 Å². The first kappa shape index (κ1) is 26.2. The number of ketones is 1. The van der Waals surface area contributed by atoms with E-state index in [0.29, 0.717) is 37.2 Å². The second-order valence-electron chi connectivity index (χ2n) is 9.93. The van der Waals surface area contributed by atoms with Crippen LogP contribution in [-0.2, 0) is 11.2 Å². The fraction of sp³-hybridized carbons (Fsp3) is 0.290. The zero-order chi connectivity index (χ0) is 27.4. The Balaban J connectivity index is 1.24. The van der Waals surface area contributed by atoms with E-state index in [0.717, 1.165) is 29.9 Å². The summed E-state index contributed by atoms with van der Waals surface area (Å²) in [4.78, 5) is 43.2. The minimum Gasteiger partial charge on any atom is -0.368 e. The van der Waals surface area contributed by atoms with E-state index < -0.39 is 6.04 Å². The molecule has 0 spiro atoms. The molecule has 8 nitrogen and oxygen atoms in total. The summed E-state index contributed by atoms with van der Waals surface area (Å²) in [7, 11) is 0. The number of carbonyl (C=O) groups excluding carboxylic acids is 2. The lowest BCUT2D eigenvalue weighted by Crippen LogP contribution is -2.49. The van der Waals surface area contributed by atoms with Gasteiger partial charge in [-0.2, -0.15) is 5.10 Å². The van der Waals surface area contributed by atoms with Crippen LogP contribution in [0.5, 0.6) is 0 Å². The van der Waals surface area contributed by atoms with E-state index in [-0.39, 0.29) is 17.4 Å². The molecule has 0 saturated carbocycles. The third kappa shape index (κ3) is 5.70. The number of benzene rings is 3. The monoisotopic (exact) mass is 523 g/mol. The van der Waals surface area contributed by atoms with Crippen LogP contribution in [0.15, 0.2) is 90.0 Å². The SMILES string of the molecule is CCC(C(=O)c1ccc(C)cc1)n1ncn(-c2ccc(N3CCN(C(=O)Cc4ccccc4)CC3)cc2)c1=O. The molecule has 8 heteroatoms. The smallest absolute Gasteiger partial charge is 0.351 e. The second kappa shape index (κ2) is 11.5. The van der Waals surface area contributed by atoms with Gasteiger partial charge in [0.05, 0.1) is 12.1 Å². The molecule has 1 aliphatic rings. The van der Waals surface area contributed by atoms with Crippen molar-refractivity contribution in [2.24, 2.45) is 0 Å². The number of aryl methyl sites for hydroxylation is 1. The van der Waals surface area contributed by atoms with Gasteiger partial charge in [-0.3, -0.25) is 9.59 Å². The van der Waals surface area contributed by atoms with Crippen molar-refractivity contribution < 1.29 is 9.59 Å². The first-order valence-electron chi connectivity index (χ1n) is 13.4. The second-order valence-corrected chi connectivity index (χ2v) is 9.93. The summed E-state index contributed by atoms with van der Waals surface area (Å²) in [6, 6.07) is 24.3. The predicted molar refractivity (Wildman–Crippen MR) is 152 cm³/mol. The zero-order valence-corrected chi connectivity index (χ0v) is 22.4. The normalized spacial score (nSPS) is 14.3. The minimum atomic E-state index is -0.665. The molecule has 1 saturated heterocycles. The Morgan fingerprint density at radius 1 is 0.846 bits per heavy atom. The molecule has 0 aliphatic carbocycles. The Labute approximate surface area is 228 Å². The summed E-state index contributed by atoms with van der Waals surface area (Å²) in [5.74, 6) is 0.0282. The molecule has 2 heterocycles. The van der Waals surface area contributed by atoms with Crippen molar-refractivity contribution in [3.63, 3.8) is 0 Å². The predicted octanol–water partition coefficient (Wildman–Crippen LogP) is 4.07. The van der Waals surface area contributed by atoms with Gasteiger partial charge in [0, 0.05) is 37.4 Å². The number of Topliss-reactive ketones (excluding diaryl/α,β-unsaturated/α-hetero) is 1. The Morgan fingerprint density at radius 2 is 1.49 bits per heavy atom. The maximum atomic E-state index is 13.2. The number of anilines is 1. The lowest BCUT2D eigenvalue weighted by molar-refractivity contribution is -0.130. The van der Waals surface area contributed by atoms with Crippen LogP contribution in [-0.4, -0.2) is 57.1 Å². The van der Waals surface area contributed by atoms with E-state index in [4.69, 9.17) is 0 Å². The van der Waals surface area contributed by atoms with Crippen molar-refractivity contribution in [3.05, 3.63) is 112 Å². The molecule has 4 aromatic rings. The lowest BCUT2D eigenvalue weighted by Gasteiger charge is -2.36. The summed E-state index contributed by atoms with van der Waals surface area (Å²) in [6.45, 7) is 6.69. The molecular formula is C31H33N5O3. The van der Waals surface area contributed by atoms with Crippen LogP contribution in [0.25, 0.3) is 5.69 Å². The Kier molecular flexibility index (Phi) is 7.72. The minimum absolute atomic E-state index is 0.124. The third-order valence-corrected chi connectivity index (χ3v) is 7.34. The van der Waals surface area contributed by atoms with E-state index in [1.807, 2.05) is 85.5 Å². The van der Waals surface area contributed by atoms with Crippen LogP contribution >= 0.6 is 0 Å². The maximum Gasteiger partial charge on any atom is 0.351 e. The Hall–Kier alpha value is -4.46. The van der Waals surface area contributed by atoms with Gasteiger partial charge in [0.2, 0.25) is 5.91 Å². The van der Waals surface area contributed by atoms with Crippen molar-refractivity contribution in [3.8, 4) is 5.69 Å². The number of amides is 1. The lowest BCUT2D eigenvalue weighted by atomic mass is 10.0. The van der Waals surface area contributed by atoms with Crippen molar-refractivity contribution >= 4 is 17.4 Å². The molecule has 1 unspecified atom stereocenters. The van der Waals surface area contributed by atoms with E-state index in [1.54, 1.807) is 12.1 Å². The van der Waals surface area contributed by atoms with Crippen molar-refractivity contribution in [2.45, 2.75) is 32.7 Å². The van der Waals surface area contributed by atoms with Crippen LogP contribution < -0.4 is 10.6 Å². The first-order chi connectivity index (χ1) is 18.9. The maximum absolute atomic E-state index is 13.2. The standard InChI is InChI=1S/C31H33N5O3/c1-3-28(30(38)25-11-9-23(2)10-12-25)36-31(39)35(22-32-36)27-15-13-26(14-16-27)33-17-19-34(20-18-33)29(37)21-24-7-5-4-6-8-24/h4-16,22,28H,3,17-21H2,1-2H3. The van der Waals surface area contributed by atoms with Gasteiger partial charge in [0.25, 0.3) is 0 Å². The third-order valence-electron chi connectivity index (χ3n) is 7.34. The largest absolute Gasteiger partial charge is 0.368 e. The van der Waals surface area contributed by atoms with Crippen LogP contribution in [0, 0.1) is 6.92 Å². The molecule has 1 aliphatic heterocycles. The van der Waals surface area contributed by atoms with Crippen LogP contribution in [0.2, 0.25) is 0 Å². The Morgan fingerprint density at radius 3 is 2.13 bits per heavy atom. The Bertz CT molecular complexity index is 1480. The number of piperazine rings is 1. The summed E-state index contributed by atoms with van der Waals surface area (Å²) < 4.78 is 2.75. The molecule has 1 fully saturated rings. The fourth-order valence-electron chi connectivity index (χ4n) is 5.01. The molecular weight excluding hydrogens is 490 g/mol. The molecule has 1 atom stereocenters. The average Bonchev–Trinajstić information content (AvgIpc) is 3.35. The highest BCUT2D eigenvalue weighted by molar-refractivity contribution is 5.98. The highest BCUT2D eigenvalue weighted by Gasteiger charge is 2.25. The van der Waals surface area contributed by atoms with Gasteiger partial charge in [-0.25, -0.2) is 14.0 Å². The molecule has 1 aromatic heterocycles. The zero-order valence-electron chi connectivity index (χ0n) is 22.4. The molecule has 1 amide bonds. The fourth-order valence-corrected chi connectivity index (χ4v) is 5.01. The van der Waals surface area contributed by atoms with Crippen molar-refractivity contribution in [2.75, 3.05) is 31.1 Å². The van der Waals surface area contributed by atoms with Crippen molar-refractivity contribution in [1.29, 1.82) is 0 Å². The number of hydrogen-bond donors (Lipinski definition) is 0. The van der Waals surface area contributed by atoms with Gasteiger partial charge >= 0.3 is 5.69 Å². The van der Waals surface area contributed by atoms with Gasteiger partial charge in [-0.15, -0.1) is 0 Å². The number of carbonyl (C=O) groups is 2. The number of nitrogens with zero attached hydrogens (tertiary/aromatic N) is 5. The van der Waals surface area contributed by atoms with Gasteiger partial charge in [-0.1, -0.05) is 67.1 Å². The number of aromatic nitrogens is 3. The summed E-state index contributed by atoms with van der Waals surface area (Å²) in [5.41, 5.74) is 4.05. The molecule has 200 valence electrons. The molecule has 5 rings (SSSR count). The number of hydrogen-bond acceptors (Lipinski definition) is 5. The molecule has 39 heavy (non-hydrogen) atoms. The summed E-state index contributed by atoms with van der Waals surface area (Å²) >= 11 is 0. The van der Waals surface area contributed by atoms with Crippen LogP contribution in [0.4, 0.5) is 5.69 Å². The van der Waals surface area contributed by atoms with Gasteiger partial charge in [0.1, 0.15) is 12.4 Å². The van der Waals surface area contributed by atoms with Gasteiger partial charge < -0.3 is 9.80 Å². The van der Waals surface area contributed by atoms with Gasteiger partial charge in [0.15, 0.2) is 5.78 Å². The van der Waals surface area contributed by atoms with Crippen LogP contribution in [0.1, 0.15) is 40.9 Å².